The molecule has 2 fully saturated rings. The van der Waals surface area contributed by atoms with E-state index in [4.69, 9.17) is 5.73 Å². The maximum Gasteiger partial charge on any atom is 0.0740 e. The van der Waals surface area contributed by atoms with Gasteiger partial charge in [-0.25, -0.2) is 0 Å². The fraction of sp³-hybridized carbons (Fsp3) is 1.00. The maximum absolute atomic E-state index is 10.8. The number of rotatable bonds is 2. The summed E-state index contributed by atoms with van der Waals surface area (Å²) < 4.78 is 0. The van der Waals surface area contributed by atoms with Gasteiger partial charge in [0.05, 0.1) is 5.60 Å². The highest BCUT2D eigenvalue weighted by Crippen LogP contribution is 2.51. The van der Waals surface area contributed by atoms with Crippen molar-refractivity contribution in [2.24, 2.45) is 11.1 Å². The van der Waals surface area contributed by atoms with Crippen molar-refractivity contribution in [1.82, 2.24) is 4.90 Å². The van der Waals surface area contributed by atoms with E-state index >= 15 is 0 Å². The number of piperidine rings is 1. The Kier molecular flexibility index (Phi) is 3.06. The lowest BCUT2D eigenvalue weighted by Gasteiger charge is -2.51. The molecule has 1 heterocycles. The first-order chi connectivity index (χ1) is 7.12. The number of aliphatic hydroxyl groups is 1. The van der Waals surface area contributed by atoms with Gasteiger partial charge in [-0.1, -0.05) is 12.8 Å². The Morgan fingerprint density at radius 2 is 1.93 bits per heavy atom. The zero-order valence-corrected chi connectivity index (χ0v) is 9.84. The van der Waals surface area contributed by atoms with E-state index in [1.165, 1.54) is 25.7 Å². The van der Waals surface area contributed by atoms with Crippen LogP contribution < -0.4 is 5.73 Å². The molecule has 1 saturated heterocycles. The summed E-state index contributed by atoms with van der Waals surface area (Å²) in [6, 6.07) is 0. The van der Waals surface area contributed by atoms with E-state index in [1.807, 2.05) is 0 Å². The highest BCUT2D eigenvalue weighted by atomic mass is 16.3. The van der Waals surface area contributed by atoms with E-state index in [2.05, 4.69) is 11.9 Å². The van der Waals surface area contributed by atoms with E-state index in [0.717, 1.165) is 25.9 Å². The zero-order chi connectivity index (χ0) is 10.9. The van der Waals surface area contributed by atoms with Crippen molar-refractivity contribution in [3.63, 3.8) is 0 Å². The third-order valence-electron chi connectivity index (χ3n) is 4.59. The average Bonchev–Trinajstić information content (AvgIpc) is 2.63. The second-order valence-corrected chi connectivity index (χ2v) is 5.55. The fourth-order valence-electron chi connectivity index (χ4n) is 3.69. The normalized spacial score (nSPS) is 36.2. The van der Waals surface area contributed by atoms with Crippen molar-refractivity contribution in [2.45, 2.75) is 44.1 Å². The number of nitrogens with zero attached hydrogens (tertiary/aromatic N) is 1. The molecule has 1 aliphatic heterocycles. The summed E-state index contributed by atoms with van der Waals surface area (Å²) in [4.78, 5) is 2.37. The smallest absolute Gasteiger partial charge is 0.0740 e. The minimum absolute atomic E-state index is 0.152. The SMILES string of the molecule is CN1CCC(O)(CCN)C2(CCCC2)C1. The molecule has 0 bridgehead atoms. The molecule has 1 atom stereocenters. The van der Waals surface area contributed by atoms with Gasteiger partial charge in [0.15, 0.2) is 0 Å². The quantitative estimate of drug-likeness (QED) is 0.717. The van der Waals surface area contributed by atoms with Crippen molar-refractivity contribution in [1.29, 1.82) is 0 Å². The minimum atomic E-state index is -0.481. The Balaban J connectivity index is 2.20. The maximum atomic E-state index is 10.8. The third-order valence-corrected chi connectivity index (χ3v) is 4.59. The molecule has 2 aliphatic rings. The highest BCUT2D eigenvalue weighted by Gasteiger charge is 2.53. The molecule has 1 aliphatic carbocycles. The molecule has 1 saturated carbocycles. The highest BCUT2D eigenvalue weighted by molar-refractivity contribution is 5.05. The summed E-state index contributed by atoms with van der Waals surface area (Å²) in [6.45, 7) is 2.68. The monoisotopic (exact) mass is 212 g/mol. The minimum Gasteiger partial charge on any atom is -0.389 e. The van der Waals surface area contributed by atoms with Crippen LogP contribution in [0.1, 0.15) is 38.5 Å². The summed E-state index contributed by atoms with van der Waals surface area (Å²) in [7, 11) is 2.17. The molecule has 1 spiro atoms. The van der Waals surface area contributed by atoms with Crippen LogP contribution in [0.5, 0.6) is 0 Å². The van der Waals surface area contributed by atoms with Crippen LogP contribution in [0.4, 0.5) is 0 Å². The van der Waals surface area contributed by atoms with E-state index < -0.39 is 5.60 Å². The Morgan fingerprint density at radius 3 is 2.53 bits per heavy atom. The molecule has 0 aromatic heterocycles. The van der Waals surface area contributed by atoms with Crippen LogP contribution in [0.2, 0.25) is 0 Å². The van der Waals surface area contributed by atoms with Crippen LogP contribution in [-0.2, 0) is 0 Å². The van der Waals surface area contributed by atoms with E-state index in [9.17, 15) is 5.11 Å². The lowest BCUT2D eigenvalue weighted by atomic mass is 9.64. The number of hydrogen-bond donors (Lipinski definition) is 2. The standard InChI is InChI=1S/C12H24N2O/c1-14-9-7-12(15,6-8-13)11(10-14)4-2-3-5-11/h15H,2-10,13H2,1H3. The van der Waals surface area contributed by atoms with Crippen molar-refractivity contribution in [3.8, 4) is 0 Å². The third kappa shape index (κ3) is 1.81. The molecular formula is C12H24N2O. The fourth-order valence-corrected chi connectivity index (χ4v) is 3.69. The van der Waals surface area contributed by atoms with Gasteiger partial charge in [-0.15, -0.1) is 0 Å². The van der Waals surface area contributed by atoms with Crippen LogP contribution in [-0.4, -0.2) is 42.3 Å². The molecule has 0 aromatic carbocycles. The summed E-state index contributed by atoms with van der Waals surface area (Å²) in [6.07, 6.45) is 6.62. The molecule has 88 valence electrons. The van der Waals surface area contributed by atoms with Gasteiger partial charge in [0, 0.05) is 18.5 Å². The second-order valence-electron chi connectivity index (χ2n) is 5.55. The van der Waals surface area contributed by atoms with Gasteiger partial charge in [-0.2, -0.15) is 0 Å². The van der Waals surface area contributed by atoms with Crippen LogP contribution in [0.3, 0.4) is 0 Å². The Labute approximate surface area is 92.6 Å². The molecule has 3 nitrogen and oxygen atoms in total. The Morgan fingerprint density at radius 1 is 1.27 bits per heavy atom. The van der Waals surface area contributed by atoms with E-state index in [-0.39, 0.29) is 5.41 Å². The van der Waals surface area contributed by atoms with Crippen molar-refractivity contribution < 1.29 is 5.11 Å². The van der Waals surface area contributed by atoms with Crippen LogP contribution in [0.15, 0.2) is 0 Å². The number of likely N-dealkylation sites (tertiary alicyclic amines) is 1. The largest absolute Gasteiger partial charge is 0.389 e. The molecule has 2 rings (SSSR count). The van der Waals surface area contributed by atoms with Crippen LogP contribution in [0, 0.1) is 5.41 Å². The van der Waals surface area contributed by atoms with Crippen LogP contribution >= 0.6 is 0 Å². The molecule has 1 unspecified atom stereocenters. The molecular weight excluding hydrogens is 188 g/mol. The van der Waals surface area contributed by atoms with Gasteiger partial charge >= 0.3 is 0 Å². The Bertz CT molecular complexity index is 226. The van der Waals surface area contributed by atoms with Crippen molar-refractivity contribution in [3.05, 3.63) is 0 Å². The van der Waals surface area contributed by atoms with Crippen LogP contribution in [0.25, 0.3) is 0 Å². The van der Waals surface area contributed by atoms with E-state index in [0.29, 0.717) is 6.54 Å². The first-order valence-corrected chi connectivity index (χ1v) is 6.23. The summed E-state index contributed by atoms with van der Waals surface area (Å²) in [5, 5.41) is 10.8. The number of hydrogen-bond acceptors (Lipinski definition) is 3. The van der Waals surface area contributed by atoms with Crippen molar-refractivity contribution in [2.75, 3.05) is 26.7 Å². The first-order valence-electron chi connectivity index (χ1n) is 6.23. The molecule has 15 heavy (non-hydrogen) atoms. The zero-order valence-electron chi connectivity index (χ0n) is 9.84. The predicted molar refractivity (Wildman–Crippen MR) is 61.6 cm³/mol. The number of nitrogens with two attached hydrogens (primary N) is 1. The second kappa shape index (κ2) is 4.04. The summed E-state index contributed by atoms with van der Waals surface area (Å²) >= 11 is 0. The molecule has 0 amide bonds. The molecule has 3 heteroatoms. The summed E-state index contributed by atoms with van der Waals surface area (Å²) in [5.41, 5.74) is 5.33. The van der Waals surface area contributed by atoms with Crippen molar-refractivity contribution >= 4 is 0 Å². The van der Waals surface area contributed by atoms with Gasteiger partial charge in [-0.3, -0.25) is 0 Å². The first kappa shape index (κ1) is 11.4. The van der Waals surface area contributed by atoms with Gasteiger partial charge < -0.3 is 15.7 Å². The van der Waals surface area contributed by atoms with Gasteiger partial charge in [0.1, 0.15) is 0 Å². The topological polar surface area (TPSA) is 49.5 Å². The predicted octanol–water partition coefficient (Wildman–Crippen LogP) is 0.962. The molecule has 3 N–H and O–H groups in total. The molecule has 0 aromatic rings. The van der Waals surface area contributed by atoms with E-state index in [1.54, 1.807) is 0 Å². The van der Waals surface area contributed by atoms with Gasteiger partial charge in [-0.05, 0) is 39.3 Å². The lowest BCUT2D eigenvalue weighted by Crippen LogP contribution is -2.58. The van der Waals surface area contributed by atoms with Gasteiger partial charge in [0.25, 0.3) is 0 Å². The average molecular weight is 212 g/mol. The molecule has 0 radical (unpaired) electrons. The van der Waals surface area contributed by atoms with Gasteiger partial charge in [0.2, 0.25) is 0 Å². The lowest BCUT2D eigenvalue weighted by molar-refractivity contribution is -0.132. The Hall–Kier alpha value is -0.120. The summed E-state index contributed by atoms with van der Waals surface area (Å²) in [5.74, 6) is 0.